The van der Waals surface area contributed by atoms with Crippen molar-refractivity contribution in [1.82, 2.24) is 20.3 Å². The van der Waals surface area contributed by atoms with Gasteiger partial charge in [0.2, 0.25) is 0 Å². The second-order valence-corrected chi connectivity index (χ2v) is 3.88. The number of nitrogens with two attached hydrogens (primary N) is 1. The van der Waals surface area contributed by atoms with E-state index in [4.69, 9.17) is 10.3 Å². The Bertz CT molecular complexity index is 558. The predicted molar refractivity (Wildman–Crippen MR) is 64.7 cm³/mol. The summed E-state index contributed by atoms with van der Waals surface area (Å²) in [4.78, 5) is 12.0. The average Bonchev–Trinajstić information content (AvgIpc) is 2.92. The number of amides is 1. The Labute approximate surface area is 104 Å². The quantitative estimate of drug-likeness (QED) is 0.831. The van der Waals surface area contributed by atoms with Crippen LogP contribution < -0.4 is 11.1 Å². The molecule has 0 radical (unpaired) electrons. The van der Waals surface area contributed by atoms with Gasteiger partial charge in [-0.1, -0.05) is 5.16 Å². The lowest BCUT2D eigenvalue weighted by atomic mass is 10.3. The highest BCUT2D eigenvalue weighted by Gasteiger charge is 2.16. The second kappa shape index (κ2) is 4.91. The number of hydrogen-bond donors (Lipinski definition) is 2. The summed E-state index contributed by atoms with van der Waals surface area (Å²) in [6, 6.07) is 1.76. The van der Waals surface area contributed by atoms with Crippen LogP contribution in [0.2, 0.25) is 0 Å². The van der Waals surface area contributed by atoms with Crippen LogP contribution in [0.3, 0.4) is 0 Å². The molecule has 0 saturated carbocycles. The number of aromatic nitrogens is 3. The first kappa shape index (κ1) is 12.2. The van der Waals surface area contributed by atoms with Gasteiger partial charge in [0.15, 0.2) is 5.76 Å². The van der Waals surface area contributed by atoms with E-state index in [9.17, 15) is 4.79 Å². The molecule has 0 aromatic carbocycles. The molecule has 96 valence electrons. The summed E-state index contributed by atoms with van der Waals surface area (Å²) in [5, 5.41) is 10.5. The average molecular weight is 249 g/mol. The summed E-state index contributed by atoms with van der Waals surface area (Å²) in [6.07, 6.45) is 1.47. The van der Waals surface area contributed by atoms with E-state index >= 15 is 0 Å². The number of nitrogens with one attached hydrogen (secondary N) is 1. The summed E-state index contributed by atoms with van der Waals surface area (Å²) in [7, 11) is 0. The molecule has 0 spiro atoms. The van der Waals surface area contributed by atoms with Crippen LogP contribution in [-0.2, 0) is 13.1 Å². The summed E-state index contributed by atoms with van der Waals surface area (Å²) in [5.74, 6) is 0.322. The second-order valence-electron chi connectivity index (χ2n) is 3.88. The summed E-state index contributed by atoms with van der Waals surface area (Å²) in [6.45, 7) is 4.57. The first-order valence-corrected chi connectivity index (χ1v) is 5.63. The molecule has 1 amide bonds. The molecule has 0 fully saturated rings. The zero-order chi connectivity index (χ0) is 13.1. The fraction of sp³-hybridized carbons (Fsp3) is 0.364. The number of aryl methyl sites for hydroxylation is 2. The molecule has 0 bridgehead atoms. The minimum absolute atomic E-state index is 0.272. The van der Waals surface area contributed by atoms with Gasteiger partial charge in [-0.2, -0.15) is 5.10 Å². The number of nitrogen functional groups attached to an aromatic ring is 1. The Morgan fingerprint density at radius 1 is 1.61 bits per heavy atom. The lowest BCUT2D eigenvalue weighted by Gasteiger charge is -2.05. The van der Waals surface area contributed by atoms with Gasteiger partial charge in [0.25, 0.3) is 5.91 Å². The van der Waals surface area contributed by atoms with Crippen LogP contribution in [0.4, 0.5) is 5.69 Å². The van der Waals surface area contributed by atoms with Gasteiger partial charge in [-0.3, -0.25) is 9.48 Å². The largest absolute Gasteiger partial charge is 0.396 e. The van der Waals surface area contributed by atoms with Crippen molar-refractivity contribution in [2.75, 3.05) is 5.73 Å². The molecule has 3 N–H and O–H groups in total. The van der Waals surface area contributed by atoms with E-state index in [1.165, 1.54) is 6.20 Å². The van der Waals surface area contributed by atoms with Crippen LogP contribution in [0, 0.1) is 6.92 Å². The van der Waals surface area contributed by atoms with Crippen LogP contribution in [0.25, 0.3) is 0 Å². The number of anilines is 1. The van der Waals surface area contributed by atoms with Crippen LogP contribution in [-0.4, -0.2) is 20.8 Å². The summed E-state index contributed by atoms with van der Waals surface area (Å²) in [5.41, 5.74) is 7.22. The van der Waals surface area contributed by atoms with Crippen LogP contribution in [0.1, 0.15) is 28.9 Å². The highest BCUT2D eigenvalue weighted by atomic mass is 16.5. The molecule has 0 aliphatic rings. The van der Waals surface area contributed by atoms with Crippen molar-refractivity contribution in [3.63, 3.8) is 0 Å². The van der Waals surface area contributed by atoms with Gasteiger partial charge in [-0.25, -0.2) is 0 Å². The van der Waals surface area contributed by atoms with E-state index < -0.39 is 0 Å². The van der Waals surface area contributed by atoms with Crippen molar-refractivity contribution >= 4 is 11.6 Å². The normalized spacial score (nSPS) is 10.6. The molecule has 2 aromatic heterocycles. The van der Waals surface area contributed by atoms with Crippen molar-refractivity contribution in [3.05, 3.63) is 29.4 Å². The van der Waals surface area contributed by atoms with Crippen LogP contribution in [0.15, 0.2) is 16.8 Å². The van der Waals surface area contributed by atoms with Crippen molar-refractivity contribution in [2.45, 2.75) is 26.9 Å². The summed E-state index contributed by atoms with van der Waals surface area (Å²) < 4.78 is 6.55. The Morgan fingerprint density at radius 2 is 2.39 bits per heavy atom. The fourth-order valence-corrected chi connectivity index (χ4v) is 1.64. The first-order chi connectivity index (χ1) is 8.61. The molecule has 0 aliphatic heterocycles. The van der Waals surface area contributed by atoms with Gasteiger partial charge in [0.05, 0.1) is 24.1 Å². The van der Waals surface area contributed by atoms with Crippen LogP contribution >= 0.6 is 0 Å². The lowest BCUT2D eigenvalue weighted by Crippen LogP contribution is -2.26. The van der Waals surface area contributed by atoms with Gasteiger partial charge in [0, 0.05) is 12.6 Å². The third-order valence-corrected chi connectivity index (χ3v) is 2.48. The molecule has 18 heavy (non-hydrogen) atoms. The monoisotopic (exact) mass is 249 g/mol. The zero-order valence-electron chi connectivity index (χ0n) is 10.3. The minimum atomic E-state index is -0.277. The van der Waals surface area contributed by atoms with Crippen molar-refractivity contribution in [3.8, 4) is 0 Å². The third-order valence-electron chi connectivity index (χ3n) is 2.48. The maximum atomic E-state index is 12.0. The number of nitrogens with zero attached hydrogens (tertiary/aromatic N) is 3. The number of carbonyl (C=O) groups is 1. The van der Waals surface area contributed by atoms with Crippen LogP contribution in [0.5, 0.6) is 0 Å². The summed E-state index contributed by atoms with van der Waals surface area (Å²) >= 11 is 0. The van der Waals surface area contributed by atoms with Gasteiger partial charge in [-0.05, 0) is 13.8 Å². The Morgan fingerprint density at radius 3 is 3.00 bits per heavy atom. The fourth-order valence-electron chi connectivity index (χ4n) is 1.64. The molecule has 2 heterocycles. The van der Waals surface area contributed by atoms with E-state index in [0.717, 1.165) is 5.69 Å². The van der Waals surface area contributed by atoms with Gasteiger partial charge in [0.1, 0.15) is 5.69 Å². The lowest BCUT2D eigenvalue weighted by molar-refractivity contribution is 0.0937. The molecule has 0 aliphatic carbocycles. The Hall–Kier alpha value is -2.31. The van der Waals surface area contributed by atoms with Crippen molar-refractivity contribution < 1.29 is 9.32 Å². The highest BCUT2D eigenvalue weighted by Crippen LogP contribution is 2.11. The minimum Gasteiger partial charge on any atom is -0.396 e. The number of carbonyl (C=O) groups excluding carboxylic acids is 1. The van der Waals surface area contributed by atoms with Gasteiger partial charge >= 0.3 is 0 Å². The maximum absolute atomic E-state index is 12.0. The van der Waals surface area contributed by atoms with E-state index in [2.05, 4.69) is 15.6 Å². The predicted octanol–water partition coefficient (Wildman–Crippen LogP) is 0.712. The van der Waals surface area contributed by atoms with Gasteiger partial charge in [-0.15, -0.1) is 0 Å². The van der Waals surface area contributed by atoms with E-state index in [1.54, 1.807) is 10.7 Å². The van der Waals surface area contributed by atoms with E-state index in [0.29, 0.717) is 23.7 Å². The maximum Gasteiger partial charge on any atom is 0.272 e. The number of hydrogen-bond acceptors (Lipinski definition) is 5. The highest BCUT2D eigenvalue weighted by molar-refractivity contribution is 5.97. The molecule has 0 atom stereocenters. The number of rotatable bonds is 4. The van der Waals surface area contributed by atoms with E-state index in [-0.39, 0.29) is 12.5 Å². The van der Waals surface area contributed by atoms with Gasteiger partial charge < -0.3 is 15.6 Å². The Kier molecular flexibility index (Phi) is 3.31. The molecular weight excluding hydrogens is 234 g/mol. The van der Waals surface area contributed by atoms with E-state index in [1.807, 2.05) is 13.8 Å². The molecule has 2 aromatic rings. The zero-order valence-corrected chi connectivity index (χ0v) is 10.3. The molecule has 0 saturated heterocycles. The molecule has 7 heteroatoms. The topological polar surface area (TPSA) is 99.0 Å². The first-order valence-electron chi connectivity index (χ1n) is 5.63. The molecular formula is C11H15N5O2. The molecule has 0 unspecified atom stereocenters. The smallest absolute Gasteiger partial charge is 0.272 e. The van der Waals surface area contributed by atoms with Crippen molar-refractivity contribution in [1.29, 1.82) is 0 Å². The standard InChI is InChI=1S/C11H15N5O2/c1-3-16-10(9(12)6-14-16)11(17)13-5-8-4-7(2)15-18-8/h4,6H,3,5,12H2,1-2H3,(H,13,17). The Balaban J connectivity index is 2.05. The molecule has 7 nitrogen and oxygen atoms in total. The third kappa shape index (κ3) is 2.34. The molecule has 2 rings (SSSR count). The van der Waals surface area contributed by atoms with Crippen molar-refractivity contribution in [2.24, 2.45) is 0 Å². The SMILES string of the molecule is CCn1ncc(N)c1C(=O)NCc1cc(C)no1.